The van der Waals surface area contributed by atoms with Crippen molar-refractivity contribution < 1.29 is 4.74 Å². The predicted molar refractivity (Wildman–Crippen MR) is 70.7 cm³/mol. The third-order valence-electron chi connectivity index (χ3n) is 2.11. The smallest absolute Gasteiger partial charge is 0.243 e. The van der Waals surface area contributed by atoms with Crippen LogP contribution in [0.5, 0.6) is 5.75 Å². The molecule has 1 aromatic heterocycles. The highest BCUT2D eigenvalue weighted by molar-refractivity contribution is 6.28. The highest BCUT2D eigenvalue weighted by atomic mass is 35.5. The molecular weight excluding hydrogens is 250 g/mol. The summed E-state index contributed by atoms with van der Waals surface area (Å²) in [6.45, 7) is 6.03. The summed E-state index contributed by atoms with van der Waals surface area (Å²) in [6, 6.07) is 7.63. The molecule has 0 atom stereocenters. The first-order chi connectivity index (χ1) is 8.44. The molecule has 94 valence electrons. The fourth-order valence-corrected chi connectivity index (χ4v) is 1.60. The van der Waals surface area contributed by atoms with Crippen molar-refractivity contribution in [1.29, 1.82) is 0 Å². The summed E-state index contributed by atoms with van der Waals surface area (Å²) in [6.07, 6.45) is 1.57. The molecule has 5 heteroatoms. The highest BCUT2D eigenvalue weighted by Gasteiger charge is 2.11. The van der Waals surface area contributed by atoms with E-state index in [1.807, 2.05) is 45.0 Å². The van der Waals surface area contributed by atoms with Crippen molar-refractivity contribution in [2.75, 3.05) is 0 Å². The van der Waals surface area contributed by atoms with Gasteiger partial charge in [-0.1, -0.05) is 0 Å². The van der Waals surface area contributed by atoms with Crippen LogP contribution in [-0.4, -0.2) is 20.8 Å². The van der Waals surface area contributed by atoms with Crippen LogP contribution >= 0.6 is 11.6 Å². The number of hydrogen-bond acceptors (Lipinski definition) is 4. The van der Waals surface area contributed by atoms with E-state index in [-0.39, 0.29) is 10.9 Å². The Morgan fingerprint density at radius 1 is 1.11 bits per heavy atom. The third kappa shape index (κ3) is 3.40. The molecule has 0 N–H and O–H groups in total. The van der Waals surface area contributed by atoms with Gasteiger partial charge in [-0.05, 0) is 56.6 Å². The van der Waals surface area contributed by atoms with E-state index in [2.05, 4.69) is 15.2 Å². The van der Waals surface area contributed by atoms with Crippen molar-refractivity contribution in [3.63, 3.8) is 0 Å². The lowest BCUT2D eigenvalue weighted by molar-refractivity contribution is 0.131. The molecule has 0 aliphatic heterocycles. The zero-order valence-electron chi connectivity index (χ0n) is 10.5. The van der Waals surface area contributed by atoms with Crippen molar-refractivity contribution in [2.24, 2.45) is 0 Å². The molecule has 18 heavy (non-hydrogen) atoms. The lowest BCUT2D eigenvalue weighted by Crippen LogP contribution is -2.22. The zero-order valence-corrected chi connectivity index (χ0v) is 11.3. The topological polar surface area (TPSA) is 47.9 Å². The fourth-order valence-electron chi connectivity index (χ4n) is 1.47. The lowest BCUT2D eigenvalue weighted by atomic mass is 10.1. The minimum atomic E-state index is -0.207. The van der Waals surface area contributed by atoms with E-state index >= 15 is 0 Å². The Morgan fingerprint density at radius 2 is 1.78 bits per heavy atom. The van der Waals surface area contributed by atoms with Crippen LogP contribution in [-0.2, 0) is 0 Å². The second-order valence-electron chi connectivity index (χ2n) is 4.85. The number of ether oxygens (including phenoxy) is 1. The summed E-state index contributed by atoms with van der Waals surface area (Å²) >= 11 is 5.70. The average Bonchev–Trinajstić information content (AvgIpc) is 2.28. The maximum absolute atomic E-state index is 5.74. The molecule has 0 radical (unpaired) electrons. The van der Waals surface area contributed by atoms with Crippen LogP contribution in [0.4, 0.5) is 0 Å². The van der Waals surface area contributed by atoms with Crippen LogP contribution in [0.1, 0.15) is 20.8 Å². The normalized spacial score (nSPS) is 11.3. The lowest BCUT2D eigenvalue weighted by Gasteiger charge is -2.21. The van der Waals surface area contributed by atoms with E-state index < -0.39 is 0 Å². The first-order valence-corrected chi connectivity index (χ1v) is 5.96. The van der Waals surface area contributed by atoms with Crippen LogP contribution in [0.2, 0.25) is 5.28 Å². The van der Waals surface area contributed by atoms with Crippen LogP contribution in [0, 0.1) is 0 Å². The van der Waals surface area contributed by atoms with Gasteiger partial charge in [-0.2, -0.15) is 5.10 Å². The molecule has 1 aromatic carbocycles. The van der Waals surface area contributed by atoms with Gasteiger partial charge in [0.2, 0.25) is 5.28 Å². The van der Waals surface area contributed by atoms with Gasteiger partial charge in [0.05, 0.1) is 11.9 Å². The minimum absolute atomic E-state index is 0.141. The Balaban J connectivity index is 2.22. The van der Waals surface area contributed by atoms with Crippen LogP contribution < -0.4 is 4.74 Å². The average molecular weight is 264 g/mol. The third-order valence-corrected chi connectivity index (χ3v) is 2.27. The first-order valence-electron chi connectivity index (χ1n) is 5.59. The van der Waals surface area contributed by atoms with Crippen molar-refractivity contribution >= 4 is 11.6 Å². The summed E-state index contributed by atoms with van der Waals surface area (Å²) in [7, 11) is 0. The van der Waals surface area contributed by atoms with E-state index in [1.165, 1.54) is 0 Å². The second-order valence-corrected chi connectivity index (χ2v) is 5.19. The van der Waals surface area contributed by atoms with Crippen molar-refractivity contribution in [2.45, 2.75) is 26.4 Å². The standard InChI is InChI=1S/C13H14ClN3O/c1-13(2,3)18-10-6-4-9(5-7-10)11-8-15-17-12(14)16-11/h4-8H,1-3H3. The molecule has 0 bridgehead atoms. The van der Waals surface area contributed by atoms with Gasteiger partial charge >= 0.3 is 0 Å². The number of benzene rings is 1. The molecular formula is C13H14ClN3O. The summed E-state index contributed by atoms with van der Waals surface area (Å²) < 4.78 is 5.74. The maximum atomic E-state index is 5.74. The molecule has 0 fully saturated rings. The molecule has 0 unspecified atom stereocenters. The largest absolute Gasteiger partial charge is 0.488 e. The van der Waals surface area contributed by atoms with Crippen molar-refractivity contribution in [1.82, 2.24) is 15.2 Å². The quantitative estimate of drug-likeness (QED) is 0.833. The monoisotopic (exact) mass is 263 g/mol. The van der Waals surface area contributed by atoms with E-state index in [0.29, 0.717) is 5.69 Å². The first kappa shape index (κ1) is 12.8. The van der Waals surface area contributed by atoms with E-state index in [0.717, 1.165) is 11.3 Å². The molecule has 0 saturated heterocycles. The zero-order chi connectivity index (χ0) is 13.2. The molecule has 0 aliphatic rings. The Labute approximate surface area is 111 Å². The summed E-state index contributed by atoms with van der Waals surface area (Å²) in [5, 5.41) is 7.52. The number of rotatable bonds is 2. The fraction of sp³-hybridized carbons (Fsp3) is 0.308. The predicted octanol–water partition coefficient (Wildman–Crippen LogP) is 3.37. The second kappa shape index (κ2) is 4.90. The minimum Gasteiger partial charge on any atom is -0.488 e. The molecule has 4 nitrogen and oxygen atoms in total. The summed E-state index contributed by atoms with van der Waals surface area (Å²) in [5.41, 5.74) is 1.41. The van der Waals surface area contributed by atoms with E-state index in [4.69, 9.17) is 16.3 Å². The van der Waals surface area contributed by atoms with Crippen LogP contribution in [0.15, 0.2) is 30.5 Å². The number of halogens is 1. The Bertz CT molecular complexity index is 535. The SMILES string of the molecule is CC(C)(C)Oc1ccc(-c2cnnc(Cl)n2)cc1. The summed E-state index contributed by atoms with van der Waals surface area (Å²) in [5.74, 6) is 0.819. The van der Waals surface area contributed by atoms with Gasteiger partial charge in [0, 0.05) is 5.56 Å². The molecule has 0 aliphatic carbocycles. The summed E-state index contributed by atoms with van der Waals surface area (Å²) in [4.78, 5) is 4.10. The molecule has 1 heterocycles. The van der Waals surface area contributed by atoms with Crippen LogP contribution in [0.3, 0.4) is 0 Å². The van der Waals surface area contributed by atoms with Gasteiger partial charge < -0.3 is 4.74 Å². The van der Waals surface area contributed by atoms with Crippen molar-refractivity contribution in [3.05, 3.63) is 35.7 Å². The maximum Gasteiger partial charge on any atom is 0.243 e. The van der Waals surface area contributed by atoms with Gasteiger partial charge in [0.25, 0.3) is 0 Å². The molecule has 0 amide bonds. The number of nitrogens with zero attached hydrogens (tertiary/aromatic N) is 3. The van der Waals surface area contributed by atoms with Gasteiger partial charge in [-0.25, -0.2) is 4.98 Å². The molecule has 0 spiro atoms. The molecule has 2 aromatic rings. The Kier molecular flexibility index (Phi) is 3.48. The highest BCUT2D eigenvalue weighted by Crippen LogP contribution is 2.23. The number of hydrogen-bond donors (Lipinski definition) is 0. The molecule has 0 saturated carbocycles. The van der Waals surface area contributed by atoms with Gasteiger partial charge in [-0.15, -0.1) is 5.10 Å². The van der Waals surface area contributed by atoms with E-state index in [9.17, 15) is 0 Å². The Morgan fingerprint density at radius 3 is 2.33 bits per heavy atom. The molecule has 2 rings (SSSR count). The van der Waals surface area contributed by atoms with E-state index in [1.54, 1.807) is 6.20 Å². The van der Waals surface area contributed by atoms with Gasteiger partial charge in [0.15, 0.2) is 0 Å². The van der Waals surface area contributed by atoms with Crippen molar-refractivity contribution in [3.8, 4) is 17.0 Å². The van der Waals surface area contributed by atoms with Gasteiger partial charge in [0.1, 0.15) is 11.4 Å². The van der Waals surface area contributed by atoms with Gasteiger partial charge in [-0.3, -0.25) is 0 Å². The number of aromatic nitrogens is 3. The van der Waals surface area contributed by atoms with Crippen LogP contribution in [0.25, 0.3) is 11.3 Å². The Hall–Kier alpha value is -1.68.